The van der Waals surface area contributed by atoms with Gasteiger partial charge in [0, 0.05) is 19.7 Å². The predicted octanol–water partition coefficient (Wildman–Crippen LogP) is 2.06. The molecule has 0 spiro atoms. The molecule has 5 nitrogen and oxygen atoms in total. The second kappa shape index (κ2) is 6.41. The molecule has 1 aliphatic carbocycles. The van der Waals surface area contributed by atoms with Crippen molar-refractivity contribution in [3.8, 4) is 5.75 Å². The van der Waals surface area contributed by atoms with E-state index in [1.807, 2.05) is 18.2 Å². The van der Waals surface area contributed by atoms with Gasteiger partial charge in [0.25, 0.3) is 0 Å². The fraction of sp³-hybridized carbons (Fsp3) is 0.467. The first-order valence-electron chi connectivity index (χ1n) is 6.79. The number of hydrogen-bond acceptors (Lipinski definition) is 4. The Morgan fingerprint density at radius 2 is 2.20 bits per heavy atom. The Balaban J connectivity index is 2.02. The van der Waals surface area contributed by atoms with Gasteiger partial charge in [-0.3, -0.25) is 4.79 Å². The summed E-state index contributed by atoms with van der Waals surface area (Å²) in [5.74, 6) is 0.749. The molecule has 0 saturated carbocycles. The summed E-state index contributed by atoms with van der Waals surface area (Å²) in [6.07, 6.45) is 3.13. The molecule has 1 aliphatic rings. The fourth-order valence-corrected chi connectivity index (χ4v) is 2.30. The van der Waals surface area contributed by atoms with E-state index in [1.165, 1.54) is 5.56 Å². The third-order valence-electron chi connectivity index (χ3n) is 3.46. The standard InChI is InChI=1S/C15H20N2O3/c1-17(2)15(18)8-9-20-12-7-6-11-4-3-5-14(16-19)13(11)10-12/h6-7,10,19H,3-5,8-9H2,1-2H3/b16-14-. The molecule has 20 heavy (non-hydrogen) atoms. The molecule has 0 atom stereocenters. The van der Waals surface area contributed by atoms with Gasteiger partial charge < -0.3 is 14.8 Å². The maximum absolute atomic E-state index is 11.5. The minimum Gasteiger partial charge on any atom is -0.493 e. The molecule has 0 heterocycles. The van der Waals surface area contributed by atoms with E-state index in [-0.39, 0.29) is 5.91 Å². The van der Waals surface area contributed by atoms with Crippen molar-refractivity contribution >= 4 is 11.6 Å². The number of nitrogens with zero attached hydrogens (tertiary/aromatic N) is 2. The zero-order chi connectivity index (χ0) is 14.5. The maximum atomic E-state index is 11.5. The minimum atomic E-state index is 0.0422. The van der Waals surface area contributed by atoms with Crippen LogP contribution < -0.4 is 4.74 Å². The van der Waals surface area contributed by atoms with E-state index in [0.717, 1.165) is 24.8 Å². The zero-order valence-electron chi connectivity index (χ0n) is 11.9. The molecule has 0 aliphatic heterocycles. The van der Waals surface area contributed by atoms with Crippen molar-refractivity contribution in [3.63, 3.8) is 0 Å². The lowest BCUT2D eigenvalue weighted by Crippen LogP contribution is -2.23. The fourth-order valence-electron chi connectivity index (χ4n) is 2.30. The van der Waals surface area contributed by atoms with Crippen LogP contribution in [0, 0.1) is 0 Å². The first-order valence-corrected chi connectivity index (χ1v) is 6.79. The number of aryl methyl sites for hydroxylation is 1. The summed E-state index contributed by atoms with van der Waals surface area (Å²) in [6.45, 7) is 0.349. The first-order chi connectivity index (χ1) is 9.61. The maximum Gasteiger partial charge on any atom is 0.225 e. The van der Waals surface area contributed by atoms with Crippen LogP contribution in [0.4, 0.5) is 0 Å². The zero-order valence-corrected chi connectivity index (χ0v) is 11.9. The van der Waals surface area contributed by atoms with Gasteiger partial charge in [-0.25, -0.2) is 0 Å². The van der Waals surface area contributed by atoms with Crippen LogP contribution >= 0.6 is 0 Å². The number of carbonyl (C=O) groups excluding carboxylic acids is 1. The van der Waals surface area contributed by atoms with Crippen molar-refractivity contribution in [2.75, 3.05) is 20.7 Å². The topological polar surface area (TPSA) is 62.1 Å². The van der Waals surface area contributed by atoms with Crippen molar-refractivity contribution in [3.05, 3.63) is 29.3 Å². The van der Waals surface area contributed by atoms with Gasteiger partial charge in [-0.2, -0.15) is 0 Å². The van der Waals surface area contributed by atoms with Crippen LogP contribution in [0.25, 0.3) is 0 Å². The van der Waals surface area contributed by atoms with E-state index < -0.39 is 0 Å². The van der Waals surface area contributed by atoms with Gasteiger partial charge in [-0.1, -0.05) is 11.2 Å². The first kappa shape index (κ1) is 14.4. The minimum absolute atomic E-state index is 0.0422. The molecular weight excluding hydrogens is 256 g/mol. The highest BCUT2D eigenvalue weighted by Crippen LogP contribution is 2.26. The average Bonchev–Trinajstić information content (AvgIpc) is 2.46. The van der Waals surface area contributed by atoms with E-state index >= 15 is 0 Å². The van der Waals surface area contributed by atoms with Crippen molar-refractivity contribution in [1.82, 2.24) is 4.90 Å². The molecule has 5 heteroatoms. The van der Waals surface area contributed by atoms with Crippen LogP contribution in [0.3, 0.4) is 0 Å². The van der Waals surface area contributed by atoms with E-state index in [9.17, 15) is 4.79 Å². The second-order valence-corrected chi connectivity index (χ2v) is 5.11. The summed E-state index contributed by atoms with van der Waals surface area (Å²) in [5.41, 5.74) is 2.84. The van der Waals surface area contributed by atoms with Gasteiger partial charge in [0.15, 0.2) is 0 Å². The molecule has 0 unspecified atom stereocenters. The SMILES string of the molecule is CN(C)C(=O)CCOc1ccc2c(c1)/C(=N\O)CCC2. The lowest BCUT2D eigenvalue weighted by Gasteiger charge is -2.18. The number of benzene rings is 1. The lowest BCUT2D eigenvalue weighted by atomic mass is 9.90. The molecule has 2 rings (SSSR count). The van der Waals surface area contributed by atoms with Crippen molar-refractivity contribution in [2.45, 2.75) is 25.7 Å². The average molecular weight is 276 g/mol. The summed E-state index contributed by atoms with van der Waals surface area (Å²) in [5, 5.41) is 12.4. The van der Waals surface area contributed by atoms with Gasteiger partial charge in [0.1, 0.15) is 5.75 Å². The Morgan fingerprint density at radius 3 is 2.90 bits per heavy atom. The summed E-state index contributed by atoms with van der Waals surface area (Å²) in [7, 11) is 3.45. The molecular formula is C15H20N2O3. The van der Waals surface area contributed by atoms with E-state index in [2.05, 4.69) is 5.16 Å². The van der Waals surface area contributed by atoms with Crippen LogP contribution in [-0.4, -0.2) is 42.4 Å². The molecule has 0 fully saturated rings. The van der Waals surface area contributed by atoms with Crippen molar-refractivity contribution < 1.29 is 14.7 Å². The van der Waals surface area contributed by atoms with Gasteiger partial charge in [-0.05, 0) is 37.0 Å². The molecule has 0 radical (unpaired) electrons. The van der Waals surface area contributed by atoms with Crippen LogP contribution in [0.5, 0.6) is 5.75 Å². The Kier molecular flexibility index (Phi) is 4.61. The van der Waals surface area contributed by atoms with Crippen LogP contribution in [0.1, 0.15) is 30.4 Å². The summed E-state index contributed by atoms with van der Waals surface area (Å²) in [6, 6.07) is 5.80. The number of rotatable bonds is 4. The quantitative estimate of drug-likeness (QED) is 0.676. The Morgan fingerprint density at radius 1 is 1.40 bits per heavy atom. The Hall–Kier alpha value is -2.04. The van der Waals surface area contributed by atoms with Crippen LogP contribution in [0.15, 0.2) is 23.4 Å². The molecule has 1 amide bonds. The van der Waals surface area contributed by atoms with Crippen molar-refractivity contribution in [1.29, 1.82) is 0 Å². The Bertz CT molecular complexity index is 524. The summed E-state index contributed by atoms with van der Waals surface area (Å²) < 4.78 is 5.60. The largest absolute Gasteiger partial charge is 0.493 e. The third kappa shape index (κ3) is 3.29. The normalized spacial score (nSPS) is 15.8. The molecule has 108 valence electrons. The number of hydrogen-bond donors (Lipinski definition) is 1. The number of carbonyl (C=O) groups is 1. The van der Waals surface area contributed by atoms with Crippen LogP contribution in [-0.2, 0) is 11.2 Å². The summed E-state index contributed by atoms with van der Waals surface area (Å²) in [4.78, 5) is 13.0. The molecule has 1 N–H and O–H groups in total. The Labute approximate surface area is 118 Å². The van der Waals surface area contributed by atoms with Crippen LogP contribution in [0.2, 0.25) is 0 Å². The van der Waals surface area contributed by atoms with Gasteiger partial charge in [0.2, 0.25) is 5.91 Å². The van der Waals surface area contributed by atoms with Crippen molar-refractivity contribution in [2.24, 2.45) is 5.16 Å². The highest BCUT2D eigenvalue weighted by atomic mass is 16.5. The second-order valence-electron chi connectivity index (χ2n) is 5.11. The number of fused-ring (bicyclic) bond motifs is 1. The number of ether oxygens (including phenoxy) is 1. The van der Waals surface area contributed by atoms with E-state index in [1.54, 1.807) is 19.0 Å². The highest BCUT2D eigenvalue weighted by molar-refractivity contribution is 6.02. The molecule has 1 aromatic rings. The molecule has 0 bridgehead atoms. The van der Waals surface area contributed by atoms with E-state index in [0.29, 0.717) is 24.5 Å². The number of oxime groups is 1. The van der Waals surface area contributed by atoms with E-state index in [4.69, 9.17) is 9.94 Å². The molecule has 0 aromatic heterocycles. The number of amides is 1. The third-order valence-corrected chi connectivity index (χ3v) is 3.46. The lowest BCUT2D eigenvalue weighted by molar-refractivity contribution is -0.129. The van der Waals surface area contributed by atoms with Gasteiger partial charge in [0.05, 0.1) is 18.7 Å². The monoisotopic (exact) mass is 276 g/mol. The summed E-state index contributed by atoms with van der Waals surface area (Å²) >= 11 is 0. The smallest absolute Gasteiger partial charge is 0.225 e. The predicted molar refractivity (Wildman–Crippen MR) is 76.5 cm³/mol. The molecule has 1 aromatic carbocycles. The van der Waals surface area contributed by atoms with Gasteiger partial charge in [-0.15, -0.1) is 0 Å². The highest BCUT2D eigenvalue weighted by Gasteiger charge is 2.16. The molecule has 0 saturated heterocycles. The van der Waals surface area contributed by atoms with Gasteiger partial charge >= 0.3 is 0 Å².